The third-order valence-corrected chi connectivity index (χ3v) is 2.94. The number of nitrogens with one attached hydrogen (secondary N) is 2. The fourth-order valence-electron chi connectivity index (χ4n) is 1.68. The van der Waals surface area contributed by atoms with Gasteiger partial charge in [-0.25, -0.2) is 9.59 Å². The van der Waals surface area contributed by atoms with Gasteiger partial charge in [0, 0.05) is 26.2 Å². The van der Waals surface area contributed by atoms with E-state index in [2.05, 4.69) is 10.6 Å². The minimum absolute atomic E-state index is 0.189. The summed E-state index contributed by atoms with van der Waals surface area (Å²) < 4.78 is 10.5. The highest BCUT2D eigenvalue weighted by Gasteiger charge is 2.23. The van der Waals surface area contributed by atoms with Gasteiger partial charge in [0.25, 0.3) is 0 Å². The van der Waals surface area contributed by atoms with Gasteiger partial charge < -0.3 is 25.0 Å². The molecule has 0 spiro atoms. The molecule has 8 nitrogen and oxygen atoms in total. The van der Waals surface area contributed by atoms with Gasteiger partial charge in [-0.1, -0.05) is 0 Å². The Hall–Kier alpha value is -1.70. The zero-order chi connectivity index (χ0) is 20.5. The summed E-state index contributed by atoms with van der Waals surface area (Å²) in [5, 5.41) is 4.56. The Bertz CT molecular complexity index is 484. The SMILES string of the molecule is CC(Cl)C(=O)NCCN(CCNC(=O)OC(C)(C)C)C(=O)OC(C)(C)C. The molecule has 1 unspecified atom stereocenters. The van der Waals surface area contributed by atoms with Gasteiger partial charge in [-0.15, -0.1) is 11.6 Å². The van der Waals surface area contributed by atoms with E-state index in [0.717, 1.165) is 0 Å². The highest BCUT2D eigenvalue weighted by Crippen LogP contribution is 2.10. The Kier molecular flexibility index (Phi) is 9.77. The van der Waals surface area contributed by atoms with E-state index in [1.165, 1.54) is 4.90 Å². The number of alkyl carbamates (subject to hydrolysis) is 1. The third-order valence-electron chi connectivity index (χ3n) is 2.74. The zero-order valence-corrected chi connectivity index (χ0v) is 17.5. The largest absolute Gasteiger partial charge is 0.444 e. The number of nitrogens with zero attached hydrogens (tertiary/aromatic N) is 1. The molecule has 0 bridgehead atoms. The summed E-state index contributed by atoms with van der Waals surface area (Å²) in [7, 11) is 0. The van der Waals surface area contributed by atoms with E-state index in [1.807, 2.05) is 0 Å². The van der Waals surface area contributed by atoms with Crippen LogP contribution in [0.2, 0.25) is 0 Å². The maximum Gasteiger partial charge on any atom is 0.410 e. The Labute approximate surface area is 160 Å². The van der Waals surface area contributed by atoms with Crippen molar-refractivity contribution in [3.63, 3.8) is 0 Å². The number of hydrogen-bond acceptors (Lipinski definition) is 5. The Morgan fingerprint density at radius 1 is 0.923 bits per heavy atom. The van der Waals surface area contributed by atoms with Crippen LogP contribution in [0, 0.1) is 0 Å². The number of halogens is 1. The molecule has 0 saturated carbocycles. The lowest BCUT2D eigenvalue weighted by Gasteiger charge is -2.28. The van der Waals surface area contributed by atoms with Crippen LogP contribution in [0.4, 0.5) is 9.59 Å². The van der Waals surface area contributed by atoms with Crippen molar-refractivity contribution in [1.29, 1.82) is 0 Å². The monoisotopic (exact) mass is 393 g/mol. The molecule has 0 aromatic heterocycles. The van der Waals surface area contributed by atoms with Crippen molar-refractivity contribution in [2.45, 2.75) is 65.0 Å². The summed E-state index contributed by atoms with van der Waals surface area (Å²) in [6.07, 6.45) is -1.09. The van der Waals surface area contributed by atoms with Gasteiger partial charge in [0.15, 0.2) is 0 Å². The van der Waals surface area contributed by atoms with Crippen molar-refractivity contribution in [2.75, 3.05) is 26.2 Å². The van der Waals surface area contributed by atoms with Crippen molar-refractivity contribution in [3.8, 4) is 0 Å². The van der Waals surface area contributed by atoms with Crippen LogP contribution in [0.25, 0.3) is 0 Å². The molecular formula is C17H32ClN3O5. The lowest BCUT2D eigenvalue weighted by Crippen LogP contribution is -2.45. The second-order valence-electron chi connectivity index (χ2n) is 7.80. The van der Waals surface area contributed by atoms with Crippen molar-refractivity contribution in [3.05, 3.63) is 0 Å². The molecule has 3 amide bonds. The number of hydrogen-bond donors (Lipinski definition) is 2. The molecule has 1 atom stereocenters. The molecule has 9 heteroatoms. The molecule has 0 saturated heterocycles. The molecule has 0 radical (unpaired) electrons. The second kappa shape index (κ2) is 10.4. The summed E-state index contributed by atoms with van der Waals surface area (Å²) in [4.78, 5) is 36.9. The predicted molar refractivity (Wildman–Crippen MR) is 100 cm³/mol. The number of carbonyl (C=O) groups is 3. The molecule has 0 aliphatic carbocycles. The normalized spacial score (nSPS) is 12.8. The minimum Gasteiger partial charge on any atom is -0.444 e. The first kappa shape index (κ1) is 24.3. The van der Waals surface area contributed by atoms with Crippen LogP contribution in [0.1, 0.15) is 48.5 Å². The van der Waals surface area contributed by atoms with E-state index < -0.39 is 28.8 Å². The van der Waals surface area contributed by atoms with Crippen molar-refractivity contribution in [1.82, 2.24) is 15.5 Å². The van der Waals surface area contributed by atoms with Gasteiger partial charge in [-0.2, -0.15) is 0 Å². The molecule has 152 valence electrons. The number of ether oxygens (including phenoxy) is 2. The van der Waals surface area contributed by atoms with Crippen LogP contribution in [-0.4, -0.2) is 65.8 Å². The third kappa shape index (κ3) is 12.6. The maximum absolute atomic E-state index is 12.3. The topological polar surface area (TPSA) is 97.0 Å². The van der Waals surface area contributed by atoms with Gasteiger partial charge in [0.1, 0.15) is 16.6 Å². The lowest BCUT2D eigenvalue weighted by molar-refractivity contribution is -0.120. The van der Waals surface area contributed by atoms with Gasteiger partial charge in [0.2, 0.25) is 5.91 Å². The highest BCUT2D eigenvalue weighted by atomic mass is 35.5. The first-order valence-corrected chi connectivity index (χ1v) is 9.01. The van der Waals surface area contributed by atoms with E-state index in [1.54, 1.807) is 48.5 Å². The van der Waals surface area contributed by atoms with Crippen LogP contribution >= 0.6 is 11.6 Å². The number of alkyl halides is 1. The van der Waals surface area contributed by atoms with Crippen LogP contribution in [0.3, 0.4) is 0 Å². The van der Waals surface area contributed by atoms with Gasteiger partial charge >= 0.3 is 12.2 Å². The zero-order valence-electron chi connectivity index (χ0n) is 16.8. The van der Waals surface area contributed by atoms with Crippen molar-refractivity contribution >= 4 is 29.7 Å². The van der Waals surface area contributed by atoms with Gasteiger partial charge in [0.05, 0.1) is 0 Å². The Balaban J connectivity index is 4.60. The first-order valence-electron chi connectivity index (χ1n) is 8.58. The molecular weight excluding hydrogens is 362 g/mol. The molecule has 0 aliphatic heterocycles. The van der Waals surface area contributed by atoms with E-state index >= 15 is 0 Å². The average Bonchev–Trinajstić information content (AvgIpc) is 2.41. The Morgan fingerprint density at radius 3 is 1.81 bits per heavy atom. The summed E-state index contributed by atoms with van der Waals surface area (Å²) in [5.74, 6) is -0.317. The molecule has 0 rings (SSSR count). The van der Waals surface area contributed by atoms with Crippen LogP contribution in [-0.2, 0) is 14.3 Å². The summed E-state index contributed by atoms with van der Waals surface area (Å²) in [6, 6.07) is 0. The van der Waals surface area contributed by atoms with Crippen molar-refractivity contribution in [2.24, 2.45) is 0 Å². The molecule has 0 aliphatic rings. The standard InChI is InChI=1S/C17H32ClN3O5/c1-12(18)13(22)19-8-10-21(15(24)26-17(5,6)7)11-9-20-14(23)25-16(2,3)4/h12H,8-11H2,1-7H3,(H,19,22)(H,20,23). The van der Waals surface area contributed by atoms with E-state index in [-0.39, 0.29) is 32.1 Å². The second-order valence-corrected chi connectivity index (χ2v) is 8.46. The lowest BCUT2D eigenvalue weighted by atomic mass is 10.2. The first-order chi connectivity index (χ1) is 11.7. The molecule has 0 heterocycles. The maximum atomic E-state index is 12.3. The predicted octanol–water partition coefficient (Wildman–Crippen LogP) is 2.49. The van der Waals surface area contributed by atoms with Crippen LogP contribution in [0.15, 0.2) is 0 Å². The quantitative estimate of drug-likeness (QED) is 0.647. The summed E-state index contributed by atoms with van der Waals surface area (Å²) in [6.45, 7) is 13.0. The summed E-state index contributed by atoms with van der Waals surface area (Å²) in [5.41, 5.74) is -1.25. The molecule has 0 aromatic rings. The van der Waals surface area contributed by atoms with Crippen molar-refractivity contribution < 1.29 is 23.9 Å². The molecule has 26 heavy (non-hydrogen) atoms. The van der Waals surface area contributed by atoms with Gasteiger partial charge in [-0.3, -0.25) is 4.79 Å². The fourth-order valence-corrected chi connectivity index (χ4v) is 1.76. The number of carbonyl (C=O) groups excluding carboxylic acids is 3. The van der Waals surface area contributed by atoms with Crippen LogP contribution in [0.5, 0.6) is 0 Å². The molecule has 0 aromatic carbocycles. The average molecular weight is 394 g/mol. The molecule has 2 N–H and O–H groups in total. The highest BCUT2D eigenvalue weighted by molar-refractivity contribution is 6.30. The fraction of sp³-hybridized carbons (Fsp3) is 0.824. The smallest absolute Gasteiger partial charge is 0.410 e. The van der Waals surface area contributed by atoms with E-state index in [9.17, 15) is 14.4 Å². The van der Waals surface area contributed by atoms with Crippen LogP contribution < -0.4 is 10.6 Å². The van der Waals surface area contributed by atoms with E-state index in [4.69, 9.17) is 21.1 Å². The van der Waals surface area contributed by atoms with E-state index in [0.29, 0.717) is 0 Å². The Morgan fingerprint density at radius 2 is 1.38 bits per heavy atom. The number of rotatable bonds is 7. The summed E-state index contributed by atoms with van der Waals surface area (Å²) >= 11 is 5.69. The minimum atomic E-state index is -0.654. The number of amides is 3. The molecule has 0 fully saturated rings. The van der Waals surface area contributed by atoms with Gasteiger partial charge in [-0.05, 0) is 48.5 Å².